The van der Waals surface area contributed by atoms with Gasteiger partial charge < -0.3 is 18.1 Å². The number of rotatable bonds is 23. The van der Waals surface area contributed by atoms with E-state index in [4.69, 9.17) is 18.1 Å². The molecule has 0 aromatic carbocycles. The van der Waals surface area contributed by atoms with Gasteiger partial charge in [0.2, 0.25) is 0 Å². The molecule has 31 heavy (non-hydrogen) atoms. The molecule has 0 aromatic rings. The molecule has 0 aliphatic heterocycles. The summed E-state index contributed by atoms with van der Waals surface area (Å²) in [4.78, 5) is 0. The van der Waals surface area contributed by atoms with Crippen LogP contribution in [0.2, 0.25) is 0 Å². The first-order valence-electron chi connectivity index (χ1n) is 12.7. The van der Waals surface area contributed by atoms with E-state index in [1.54, 1.807) is 27.7 Å². The molecule has 0 rings (SSSR count). The molecule has 0 radical (unpaired) electrons. The third kappa shape index (κ3) is 13.6. The Hall–Kier alpha value is 0.300. The highest BCUT2D eigenvalue weighted by molar-refractivity contribution is 7.72. The number of unbranched alkanes of at least 4 members (excludes halogenated alkanes) is 11. The summed E-state index contributed by atoms with van der Waals surface area (Å²) in [5.41, 5.74) is 0. The molecule has 0 aliphatic rings. The minimum absolute atomic E-state index is 0.227. The molecule has 0 saturated heterocycles. The van der Waals surface area contributed by atoms with E-state index < -0.39 is 20.6 Å². The summed E-state index contributed by atoms with van der Waals surface area (Å²) >= 11 is 0. The lowest BCUT2D eigenvalue weighted by Crippen LogP contribution is -2.18. The van der Waals surface area contributed by atoms with Crippen LogP contribution in [0.25, 0.3) is 0 Å². The molecule has 188 valence electrons. The first kappa shape index (κ1) is 31.3. The first-order chi connectivity index (χ1) is 14.9. The van der Waals surface area contributed by atoms with Crippen LogP contribution in [0.4, 0.5) is 0 Å². The normalized spacial score (nSPS) is 12.7. The van der Waals surface area contributed by atoms with Gasteiger partial charge in [-0.05, 0) is 34.1 Å². The molecule has 0 bridgehead atoms. The lowest BCUT2D eigenvalue weighted by Gasteiger charge is -2.31. The summed E-state index contributed by atoms with van der Waals surface area (Å²) in [6, 6.07) is 0. The second-order valence-electron chi connectivity index (χ2n) is 7.91. The fourth-order valence-corrected chi connectivity index (χ4v) is 9.26. The highest BCUT2D eigenvalue weighted by atomic mass is 31.2. The van der Waals surface area contributed by atoms with E-state index in [0.29, 0.717) is 6.42 Å². The van der Waals surface area contributed by atoms with Crippen LogP contribution in [-0.4, -0.2) is 31.8 Å². The van der Waals surface area contributed by atoms with Crippen molar-refractivity contribution >= 4 is 15.2 Å². The Morgan fingerprint density at radius 3 is 1.06 bits per heavy atom. The maximum atomic E-state index is 13.5. The van der Waals surface area contributed by atoms with Crippen molar-refractivity contribution in [3.8, 4) is 0 Å². The van der Waals surface area contributed by atoms with Crippen molar-refractivity contribution in [3.63, 3.8) is 0 Å². The molecule has 0 aliphatic carbocycles. The van der Waals surface area contributed by atoms with Crippen LogP contribution in [0.15, 0.2) is 0 Å². The number of hydrogen-bond acceptors (Lipinski definition) is 6. The van der Waals surface area contributed by atoms with E-state index >= 15 is 0 Å². The standard InChI is InChI=1S/C23H50O6P2/c1-6-11-12-13-14-15-16-17-18-19-20-21-22-23(30(24,26-7-2)27-8-3)31(25,28-9-4)29-10-5/h23H,6-22H2,1-5H3. The summed E-state index contributed by atoms with van der Waals surface area (Å²) in [5, 5.41) is -0.872. The van der Waals surface area contributed by atoms with Gasteiger partial charge in [-0.3, -0.25) is 9.13 Å². The van der Waals surface area contributed by atoms with Crippen molar-refractivity contribution in [2.45, 2.75) is 123 Å². The maximum Gasteiger partial charge on any atom is 0.345 e. The van der Waals surface area contributed by atoms with Crippen LogP contribution < -0.4 is 0 Å². The molecule has 0 aromatic heterocycles. The average Bonchev–Trinajstić information content (AvgIpc) is 2.72. The fourth-order valence-electron chi connectivity index (χ4n) is 3.80. The quantitative estimate of drug-likeness (QED) is 0.106. The molecule has 0 atom stereocenters. The second-order valence-corrected chi connectivity index (χ2v) is 12.8. The molecule has 0 heterocycles. The zero-order valence-electron chi connectivity index (χ0n) is 20.9. The Balaban J connectivity index is 4.59. The zero-order valence-corrected chi connectivity index (χ0v) is 22.7. The van der Waals surface area contributed by atoms with E-state index in [0.717, 1.165) is 19.3 Å². The Morgan fingerprint density at radius 2 is 0.774 bits per heavy atom. The van der Waals surface area contributed by atoms with Gasteiger partial charge >= 0.3 is 15.2 Å². The van der Waals surface area contributed by atoms with Crippen LogP contribution in [0.3, 0.4) is 0 Å². The van der Waals surface area contributed by atoms with Gasteiger partial charge in [-0.1, -0.05) is 84.0 Å². The SMILES string of the molecule is CCCCCCCCCCCCCCC(P(=O)(OCC)OCC)P(=O)(OCC)OCC. The van der Waals surface area contributed by atoms with Gasteiger partial charge in [0.05, 0.1) is 26.4 Å². The van der Waals surface area contributed by atoms with E-state index in [2.05, 4.69) is 6.92 Å². The highest BCUT2D eigenvalue weighted by Gasteiger charge is 2.50. The second kappa shape index (κ2) is 19.7. The molecular weight excluding hydrogens is 434 g/mol. The Bertz CT molecular complexity index is 450. The summed E-state index contributed by atoms with van der Waals surface area (Å²) in [6.07, 6.45) is 15.3. The molecule has 6 nitrogen and oxygen atoms in total. The van der Waals surface area contributed by atoms with Crippen LogP contribution >= 0.6 is 15.2 Å². The predicted octanol–water partition coefficient (Wildman–Crippen LogP) is 8.94. The van der Waals surface area contributed by atoms with Crippen molar-refractivity contribution in [2.24, 2.45) is 0 Å². The van der Waals surface area contributed by atoms with E-state index in [1.807, 2.05) is 0 Å². The van der Waals surface area contributed by atoms with Crippen molar-refractivity contribution < 1.29 is 27.2 Å². The summed E-state index contributed by atoms with van der Waals surface area (Å²) in [5.74, 6) is 0. The van der Waals surface area contributed by atoms with E-state index in [9.17, 15) is 9.13 Å². The van der Waals surface area contributed by atoms with Crippen LogP contribution in [-0.2, 0) is 27.2 Å². The van der Waals surface area contributed by atoms with Gasteiger partial charge in [0.1, 0.15) is 0 Å². The topological polar surface area (TPSA) is 71.1 Å². The van der Waals surface area contributed by atoms with Crippen LogP contribution in [0, 0.1) is 0 Å². The Labute approximate surface area is 192 Å². The largest absolute Gasteiger partial charge is 0.345 e. The van der Waals surface area contributed by atoms with Crippen molar-refractivity contribution in [3.05, 3.63) is 0 Å². The Morgan fingerprint density at radius 1 is 0.484 bits per heavy atom. The van der Waals surface area contributed by atoms with E-state index in [-0.39, 0.29) is 26.4 Å². The van der Waals surface area contributed by atoms with Gasteiger partial charge in [-0.2, -0.15) is 0 Å². The van der Waals surface area contributed by atoms with Gasteiger partial charge in [0.15, 0.2) is 5.40 Å². The van der Waals surface area contributed by atoms with Crippen LogP contribution in [0.1, 0.15) is 118 Å². The van der Waals surface area contributed by atoms with Gasteiger partial charge in [0.25, 0.3) is 0 Å². The third-order valence-electron chi connectivity index (χ3n) is 5.28. The molecule has 0 amide bonds. The molecule has 0 fully saturated rings. The lowest BCUT2D eigenvalue weighted by atomic mass is 10.0. The molecule has 0 saturated carbocycles. The summed E-state index contributed by atoms with van der Waals surface area (Å²) < 4.78 is 49.0. The zero-order chi connectivity index (χ0) is 23.4. The minimum atomic E-state index is -3.61. The third-order valence-corrected chi connectivity index (χ3v) is 11.4. The summed E-state index contributed by atoms with van der Waals surface area (Å²) in [6.45, 7) is 10.2. The molecular formula is C23H50O6P2. The molecule has 8 heteroatoms. The maximum absolute atomic E-state index is 13.5. The fraction of sp³-hybridized carbons (Fsp3) is 1.00. The van der Waals surface area contributed by atoms with Crippen molar-refractivity contribution in [1.82, 2.24) is 0 Å². The number of hydrogen-bond donors (Lipinski definition) is 0. The molecule has 0 spiro atoms. The average molecular weight is 485 g/mol. The van der Waals surface area contributed by atoms with Crippen LogP contribution in [0.5, 0.6) is 0 Å². The lowest BCUT2D eigenvalue weighted by molar-refractivity contribution is 0.193. The van der Waals surface area contributed by atoms with E-state index in [1.165, 1.54) is 57.8 Å². The minimum Gasteiger partial charge on any atom is -0.308 e. The van der Waals surface area contributed by atoms with Crippen molar-refractivity contribution in [2.75, 3.05) is 26.4 Å². The van der Waals surface area contributed by atoms with Gasteiger partial charge in [-0.25, -0.2) is 0 Å². The monoisotopic (exact) mass is 484 g/mol. The highest BCUT2D eigenvalue weighted by Crippen LogP contribution is 2.71. The molecule has 0 N–H and O–H groups in total. The Kier molecular flexibility index (Phi) is 19.9. The van der Waals surface area contributed by atoms with Crippen molar-refractivity contribution in [1.29, 1.82) is 0 Å². The predicted molar refractivity (Wildman–Crippen MR) is 131 cm³/mol. The molecule has 0 unspecified atom stereocenters. The summed E-state index contributed by atoms with van der Waals surface area (Å²) in [7, 11) is -7.21. The van der Waals surface area contributed by atoms with Gasteiger partial charge in [-0.15, -0.1) is 0 Å². The smallest absolute Gasteiger partial charge is 0.308 e. The first-order valence-corrected chi connectivity index (χ1v) is 15.9. The van der Waals surface area contributed by atoms with Gasteiger partial charge in [0, 0.05) is 0 Å².